The van der Waals surface area contributed by atoms with Crippen molar-refractivity contribution in [1.82, 2.24) is 0 Å². The minimum Gasteiger partial charge on any atom is -0.756 e. The van der Waals surface area contributed by atoms with Gasteiger partial charge in [-0.3, -0.25) is 14.2 Å². The van der Waals surface area contributed by atoms with E-state index in [1.165, 1.54) is 19.3 Å². The van der Waals surface area contributed by atoms with E-state index in [2.05, 4.69) is 68.5 Å². The number of carbonyl (C=O) groups excluding carboxylic acids is 2. The van der Waals surface area contributed by atoms with Crippen LogP contribution in [-0.4, -0.2) is 81.2 Å². The third kappa shape index (κ3) is 42.8. The second-order valence-corrected chi connectivity index (χ2v) is 17.0. The molecule has 0 heterocycles. The van der Waals surface area contributed by atoms with Crippen LogP contribution in [0.15, 0.2) is 97.2 Å². The molecule has 0 rings (SSSR count). The number of carbonyl (C=O) groups is 2. The van der Waals surface area contributed by atoms with Gasteiger partial charge in [-0.05, 0) is 77.0 Å². The van der Waals surface area contributed by atoms with E-state index in [0.29, 0.717) is 36.7 Å². The Bertz CT molecular complexity index is 1340. The van der Waals surface area contributed by atoms with Crippen LogP contribution < -0.4 is 4.89 Å². The molecule has 0 aromatic rings. The van der Waals surface area contributed by atoms with Gasteiger partial charge < -0.3 is 33.0 Å². The number of hydrogen-bond acceptors (Lipinski definition) is 9. The summed E-state index contributed by atoms with van der Waals surface area (Å²) in [6, 6.07) is 0. The molecule has 59 heavy (non-hydrogen) atoms. The Morgan fingerprint density at radius 3 is 1.66 bits per heavy atom. The molecule has 3 atom stereocenters. The molecule has 0 radical (unpaired) electrons. The lowest BCUT2D eigenvalue weighted by Crippen LogP contribution is -2.37. The van der Waals surface area contributed by atoms with Gasteiger partial charge in [0.2, 0.25) is 0 Å². The molecule has 336 valence electrons. The van der Waals surface area contributed by atoms with Gasteiger partial charge in [-0.15, -0.1) is 0 Å². The minimum absolute atomic E-state index is 0.0626. The van der Waals surface area contributed by atoms with Crippen molar-refractivity contribution in [2.45, 2.75) is 148 Å². The monoisotopic (exact) mass is 846 g/mol. The molecule has 1 N–H and O–H groups in total. The maximum absolute atomic E-state index is 12.7. The van der Waals surface area contributed by atoms with Gasteiger partial charge >= 0.3 is 11.9 Å². The lowest BCUT2D eigenvalue weighted by molar-refractivity contribution is -0.870. The van der Waals surface area contributed by atoms with Crippen LogP contribution in [0.4, 0.5) is 0 Å². The van der Waals surface area contributed by atoms with Crippen LogP contribution in [0.2, 0.25) is 0 Å². The SMILES string of the molecule is CCCCC/C=C\C/C=C\C/C=C\C/C=C\CCCC(=O)O[C@H](COC(=O)CCC/C=C\C/C=C\C/C=C\C=C\[C@H](O)CCCCC)COP(=O)([O-])OCC[N+](C)(C)C. The zero-order chi connectivity index (χ0) is 43.7. The molecule has 0 saturated heterocycles. The van der Waals surface area contributed by atoms with Crippen molar-refractivity contribution in [3.63, 3.8) is 0 Å². The van der Waals surface area contributed by atoms with Gasteiger partial charge in [0.25, 0.3) is 7.82 Å². The Balaban J connectivity index is 4.61. The van der Waals surface area contributed by atoms with Crippen molar-refractivity contribution in [1.29, 1.82) is 0 Å². The maximum atomic E-state index is 12.7. The Morgan fingerprint density at radius 2 is 1.12 bits per heavy atom. The van der Waals surface area contributed by atoms with Gasteiger partial charge in [-0.25, -0.2) is 0 Å². The highest BCUT2D eigenvalue weighted by atomic mass is 31.2. The topological polar surface area (TPSA) is 131 Å². The van der Waals surface area contributed by atoms with E-state index < -0.39 is 32.5 Å². The highest BCUT2D eigenvalue weighted by molar-refractivity contribution is 7.45. The minimum atomic E-state index is -4.67. The average molecular weight is 846 g/mol. The van der Waals surface area contributed by atoms with Gasteiger partial charge in [0, 0.05) is 12.8 Å². The van der Waals surface area contributed by atoms with Crippen molar-refractivity contribution in [2.75, 3.05) is 47.5 Å². The zero-order valence-electron chi connectivity index (χ0n) is 37.3. The molecule has 11 heteroatoms. The van der Waals surface area contributed by atoms with Crippen molar-refractivity contribution in [3.05, 3.63) is 97.2 Å². The molecule has 10 nitrogen and oxygen atoms in total. The molecule has 0 spiro atoms. The first-order valence-electron chi connectivity index (χ1n) is 22.1. The Morgan fingerprint density at radius 1 is 0.627 bits per heavy atom. The summed E-state index contributed by atoms with van der Waals surface area (Å²) >= 11 is 0. The number of hydrogen-bond donors (Lipinski definition) is 1. The van der Waals surface area contributed by atoms with E-state index in [0.717, 1.165) is 64.2 Å². The van der Waals surface area contributed by atoms with Crippen molar-refractivity contribution < 1.29 is 47.2 Å². The summed E-state index contributed by atoms with van der Waals surface area (Å²) in [5, 5.41) is 9.90. The lowest BCUT2D eigenvalue weighted by Gasteiger charge is -2.28. The van der Waals surface area contributed by atoms with Crippen molar-refractivity contribution in [3.8, 4) is 0 Å². The zero-order valence-corrected chi connectivity index (χ0v) is 38.2. The van der Waals surface area contributed by atoms with Crippen LogP contribution in [0.1, 0.15) is 136 Å². The van der Waals surface area contributed by atoms with Gasteiger partial charge in [-0.2, -0.15) is 0 Å². The third-order valence-electron chi connectivity index (χ3n) is 8.68. The van der Waals surface area contributed by atoms with Gasteiger partial charge in [0.05, 0.1) is 33.9 Å². The number of nitrogens with zero attached hydrogens (tertiary/aromatic N) is 1. The number of allylic oxidation sites excluding steroid dienone is 15. The molecule has 0 aliphatic rings. The van der Waals surface area contributed by atoms with Crippen LogP contribution in [0.3, 0.4) is 0 Å². The number of phosphoric acid groups is 1. The average Bonchev–Trinajstić information content (AvgIpc) is 3.18. The molecule has 0 saturated carbocycles. The molecule has 0 aromatic heterocycles. The van der Waals surface area contributed by atoms with Crippen LogP contribution in [0.5, 0.6) is 0 Å². The molecule has 0 bridgehead atoms. The fraction of sp³-hybridized carbons (Fsp3) is 0.625. The number of likely N-dealkylation sites (N-methyl/N-ethyl adjacent to an activating group) is 1. The number of unbranched alkanes of at least 4 members (excludes halogenated alkanes) is 7. The Labute approximate surface area is 358 Å². The summed E-state index contributed by atoms with van der Waals surface area (Å²) in [5.74, 6) is -1.00. The molecule has 0 fully saturated rings. The fourth-order valence-electron chi connectivity index (χ4n) is 5.16. The summed E-state index contributed by atoms with van der Waals surface area (Å²) in [7, 11) is 1.06. The number of phosphoric ester groups is 1. The van der Waals surface area contributed by atoms with Gasteiger partial charge in [0.1, 0.15) is 19.8 Å². The lowest BCUT2D eigenvalue weighted by atomic mass is 10.1. The van der Waals surface area contributed by atoms with Gasteiger partial charge in [0.15, 0.2) is 6.10 Å². The summed E-state index contributed by atoms with van der Waals surface area (Å²) in [6.45, 7) is 3.90. The maximum Gasteiger partial charge on any atom is 0.306 e. The van der Waals surface area contributed by atoms with Crippen LogP contribution in [0.25, 0.3) is 0 Å². The first-order chi connectivity index (χ1) is 28.4. The summed E-state index contributed by atoms with van der Waals surface area (Å²) in [6.07, 6.45) is 47.7. The number of aliphatic hydroxyl groups is 1. The highest BCUT2D eigenvalue weighted by Crippen LogP contribution is 2.38. The first kappa shape index (κ1) is 55.9. The third-order valence-corrected chi connectivity index (χ3v) is 9.64. The van der Waals surface area contributed by atoms with E-state index in [4.69, 9.17) is 18.5 Å². The van der Waals surface area contributed by atoms with E-state index in [9.17, 15) is 24.2 Å². The molecular formula is C48H80NO9P. The van der Waals surface area contributed by atoms with E-state index in [1.807, 2.05) is 63.7 Å². The predicted molar refractivity (Wildman–Crippen MR) is 241 cm³/mol. The number of rotatable bonds is 38. The highest BCUT2D eigenvalue weighted by Gasteiger charge is 2.21. The second kappa shape index (κ2) is 39.1. The van der Waals surface area contributed by atoms with Crippen LogP contribution >= 0.6 is 7.82 Å². The molecule has 0 amide bonds. The fourth-order valence-corrected chi connectivity index (χ4v) is 5.89. The summed E-state index contributed by atoms with van der Waals surface area (Å²) in [4.78, 5) is 37.5. The van der Waals surface area contributed by atoms with Crippen LogP contribution in [-0.2, 0) is 32.7 Å². The molecule has 0 aliphatic carbocycles. The summed E-state index contributed by atoms with van der Waals surface area (Å²) in [5.41, 5.74) is 0. The van der Waals surface area contributed by atoms with Crippen molar-refractivity contribution in [2.24, 2.45) is 0 Å². The van der Waals surface area contributed by atoms with E-state index in [-0.39, 0.29) is 32.2 Å². The Hall–Kier alpha value is -3.11. The molecule has 0 aromatic carbocycles. The Kier molecular flexibility index (Phi) is 37.0. The molecule has 1 unspecified atom stereocenters. The van der Waals surface area contributed by atoms with Gasteiger partial charge in [-0.1, -0.05) is 143 Å². The number of aliphatic hydroxyl groups excluding tert-OH is 1. The quantitative estimate of drug-likeness (QED) is 0.0161. The van der Waals surface area contributed by atoms with Crippen molar-refractivity contribution >= 4 is 19.8 Å². The van der Waals surface area contributed by atoms with E-state index in [1.54, 1.807) is 0 Å². The number of esters is 2. The predicted octanol–water partition coefficient (Wildman–Crippen LogP) is 10.9. The summed E-state index contributed by atoms with van der Waals surface area (Å²) < 4.78 is 33.7. The smallest absolute Gasteiger partial charge is 0.306 e. The molecular weight excluding hydrogens is 766 g/mol. The normalized spacial score (nSPS) is 15.0. The second-order valence-electron chi connectivity index (χ2n) is 15.5. The van der Waals surface area contributed by atoms with E-state index >= 15 is 0 Å². The number of quaternary nitrogens is 1. The standard InChI is InChI=1S/C48H80NO9P/c1-6-8-10-11-12-13-14-15-16-17-18-19-22-26-29-32-36-40-48(52)58-46(44-57-59(53,54)56-42-41-49(3,4)5)43-55-47(51)39-35-31-28-25-23-20-21-24-27-30-34-38-45(50)37-33-9-7-2/h12-13,15-16,18-21,25-30,34,38,45-46,50H,6-11,14,17,22-24,31-33,35-37,39-44H2,1-5H3/b13-12-,16-15-,19-18-,21-20-,28-25-,29-26-,30-27-,38-34+/t45-,46-/m1/s1. The van der Waals surface area contributed by atoms with Crippen LogP contribution in [0, 0.1) is 0 Å². The molecule has 0 aliphatic heterocycles. The number of ether oxygens (including phenoxy) is 2. The largest absolute Gasteiger partial charge is 0.756 e. The first-order valence-corrected chi connectivity index (χ1v) is 23.5.